The fourth-order valence-corrected chi connectivity index (χ4v) is 7.41. The molecule has 2 aromatic rings. The van der Waals surface area contributed by atoms with Crippen LogP contribution < -0.4 is 9.47 Å². The van der Waals surface area contributed by atoms with Crippen LogP contribution in [0.3, 0.4) is 0 Å². The van der Waals surface area contributed by atoms with Gasteiger partial charge in [0.25, 0.3) is 0 Å². The molecule has 0 radical (unpaired) electrons. The number of sulfonamides is 1. The molecule has 0 amide bonds. The molecule has 0 unspecified atom stereocenters. The summed E-state index contributed by atoms with van der Waals surface area (Å²) in [6.07, 6.45) is 5.20. The maximum atomic E-state index is 13.8. The Kier molecular flexibility index (Phi) is 9.52. The van der Waals surface area contributed by atoms with Gasteiger partial charge in [0.1, 0.15) is 11.5 Å². The molecule has 2 aliphatic rings. The number of methoxy groups -OCH3 is 3. The Morgan fingerprint density at radius 2 is 1.45 bits per heavy atom. The highest BCUT2D eigenvalue weighted by atomic mass is 32.2. The molecule has 1 fully saturated rings. The summed E-state index contributed by atoms with van der Waals surface area (Å²) in [6, 6.07) is 15.0. The summed E-state index contributed by atoms with van der Waals surface area (Å²) in [4.78, 5) is 0. The molecule has 208 valence electrons. The van der Waals surface area contributed by atoms with Gasteiger partial charge in [-0.3, -0.25) is 0 Å². The summed E-state index contributed by atoms with van der Waals surface area (Å²) in [6.45, 7) is 2.80. The zero-order chi connectivity index (χ0) is 27.3. The Morgan fingerprint density at radius 3 is 1.84 bits per heavy atom. The smallest absolute Gasteiger partial charge is 0.214 e. The Morgan fingerprint density at radius 1 is 0.921 bits per heavy atom. The zero-order valence-corrected chi connectivity index (χ0v) is 23.7. The molecule has 7 nitrogen and oxygen atoms in total. The molecule has 0 aromatic heterocycles. The van der Waals surface area contributed by atoms with Crippen molar-refractivity contribution >= 4 is 10.0 Å². The van der Waals surface area contributed by atoms with E-state index in [1.54, 1.807) is 25.6 Å². The van der Waals surface area contributed by atoms with Crippen molar-refractivity contribution in [2.75, 3.05) is 33.7 Å². The number of ether oxygens (including phenoxy) is 3. The van der Waals surface area contributed by atoms with Crippen molar-refractivity contribution in [1.82, 2.24) is 4.31 Å². The molecule has 0 spiro atoms. The lowest BCUT2D eigenvalue weighted by atomic mass is 9.65. The second-order valence-corrected chi connectivity index (χ2v) is 12.7. The van der Waals surface area contributed by atoms with Crippen LogP contribution >= 0.6 is 0 Å². The molecular weight excluding hydrogens is 502 g/mol. The third-order valence-corrected chi connectivity index (χ3v) is 10.2. The zero-order valence-electron chi connectivity index (χ0n) is 22.9. The van der Waals surface area contributed by atoms with Gasteiger partial charge in [-0.2, -0.15) is 4.31 Å². The van der Waals surface area contributed by atoms with Gasteiger partial charge in [0.15, 0.2) is 0 Å². The predicted octanol–water partition coefficient (Wildman–Crippen LogP) is 4.65. The first-order valence-corrected chi connectivity index (χ1v) is 15.0. The van der Waals surface area contributed by atoms with Crippen LogP contribution in [0, 0.1) is 23.7 Å². The highest BCUT2D eigenvalue weighted by molar-refractivity contribution is 7.89. The van der Waals surface area contributed by atoms with Crippen molar-refractivity contribution in [3.05, 3.63) is 71.3 Å². The van der Waals surface area contributed by atoms with Crippen molar-refractivity contribution in [3.8, 4) is 11.5 Å². The molecule has 5 atom stereocenters. The SMILES string of the molecule is COc1ccc(CN(Cc2ccc(OC)cc2)S(=O)(=O)C[C@@H](C)[C@@H]2C=C([C@H](OC)[C@@H]3CC[C@H]3CO)C2)cc1. The average Bonchev–Trinajstić information content (AvgIpc) is 2.87. The molecular formula is C30H41NO6S. The van der Waals surface area contributed by atoms with E-state index in [0.29, 0.717) is 11.8 Å². The largest absolute Gasteiger partial charge is 0.497 e. The number of aliphatic hydroxyl groups is 1. The first-order valence-electron chi connectivity index (χ1n) is 13.4. The van der Waals surface area contributed by atoms with Crippen LogP contribution in [-0.2, 0) is 27.8 Å². The number of nitrogens with zero attached hydrogens (tertiary/aromatic N) is 1. The summed E-state index contributed by atoms with van der Waals surface area (Å²) in [5.74, 6) is 2.40. The lowest BCUT2D eigenvalue weighted by Gasteiger charge is -2.44. The van der Waals surface area contributed by atoms with E-state index in [-0.39, 0.29) is 43.4 Å². The summed E-state index contributed by atoms with van der Waals surface area (Å²) in [7, 11) is 1.40. The first-order chi connectivity index (χ1) is 18.3. The normalized spacial score (nSPS) is 22.7. The molecule has 1 N–H and O–H groups in total. The van der Waals surface area contributed by atoms with E-state index in [1.165, 1.54) is 5.57 Å². The third kappa shape index (κ3) is 6.60. The van der Waals surface area contributed by atoms with Crippen molar-refractivity contribution < 1.29 is 27.7 Å². The van der Waals surface area contributed by atoms with Crippen LogP contribution in [0.1, 0.15) is 37.3 Å². The average molecular weight is 544 g/mol. The summed E-state index contributed by atoms with van der Waals surface area (Å²) < 4.78 is 45.4. The molecule has 8 heteroatoms. The fraction of sp³-hybridized carbons (Fsp3) is 0.533. The van der Waals surface area contributed by atoms with E-state index < -0.39 is 10.0 Å². The van der Waals surface area contributed by atoms with Crippen LogP contribution in [-0.4, -0.2) is 57.6 Å². The van der Waals surface area contributed by atoms with Crippen LogP contribution in [0.15, 0.2) is 60.2 Å². The Bertz CT molecular complexity index is 1130. The maximum absolute atomic E-state index is 13.8. The number of benzene rings is 2. The highest BCUT2D eigenvalue weighted by Crippen LogP contribution is 2.45. The van der Waals surface area contributed by atoms with E-state index >= 15 is 0 Å². The van der Waals surface area contributed by atoms with Gasteiger partial charge < -0.3 is 19.3 Å². The minimum atomic E-state index is -3.56. The summed E-state index contributed by atoms with van der Waals surface area (Å²) >= 11 is 0. The van der Waals surface area contributed by atoms with Crippen molar-refractivity contribution in [1.29, 1.82) is 0 Å². The summed E-state index contributed by atoms with van der Waals surface area (Å²) in [5.41, 5.74) is 3.06. The van der Waals surface area contributed by atoms with Crippen LogP contribution in [0.25, 0.3) is 0 Å². The topological polar surface area (TPSA) is 85.3 Å². The van der Waals surface area contributed by atoms with Crippen LogP contribution in [0.2, 0.25) is 0 Å². The molecule has 0 saturated heterocycles. The third-order valence-electron chi connectivity index (χ3n) is 8.25. The molecule has 4 rings (SSSR count). The molecule has 0 aliphatic heterocycles. The van der Waals surface area contributed by atoms with Crippen molar-refractivity contribution in [3.63, 3.8) is 0 Å². The first kappa shape index (κ1) is 28.6. The lowest BCUT2D eigenvalue weighted by molar-refractivity contribution is -0.0225. The number of rotatable bonds is 14. The number of aliphatic hydroxyl groups excluding tert-OH is 1. The molecule has 0 heterocycles. The Hall–Kier alpha value is -2.39. The van der Waals surface area contributed by atoms with E-state index in [9.17, 15) is 13.5 Å². The van der Waals surface area contributed by atoms with E-state index in [0.717, 1.165) is 41.9 Å². The minimum Gasteiger partial charge on any atom is -0.497 e. The molecule has 2 aliphatic carbocycles. The van der Waals surface area contributed by atoms with Crippen molar-refractivity contribution in [2.45, 2.75) is 45.4 Å². The molecule has 38 heavy (non-hydrogen) atoms. The molecule has 2 aromatic carbocycles. The molecule has 1 saturated carbocycles. The van der Waals surface area contributed by atoms with Gasteiger partial charge in [-0.05, 0) is 83.9 Å². The number of hydrogen-bond donors (Lipinski definition) is 1. The van der Waals surface area contributed by atoms with Gasteiger partial charge >= 0.3 is 0 Å². The van der Waals surface area contributed by atoms with Gasteiger partial charge in [-0.25, -0.2) is 8.42 Å². The lowest BCUT2D eigenvalue weighted by Crippen LogP contribution is -2.43. The molecule has 0 bridgehead atoms. The standard InChI is InChI=1S/C30H41NO6S/c1-21(25-15-26(16-25)30(37-4)29-14-9-24(29)19-32)20-38(33,34)31(17-22-5-10-27(35-2)11-6-22)18-23-7-12-28(36-3)13-8-23/h5-8,10-13,15,21,24-25,29-30,32H,9,14,16-20H2,1-4H3/t21-,24+,25-,29-,30+/m1/s1. The van der Waals surface area contributed by atoms with Crippen LogP contribution in [0.5, 0.6) is 11.5 Å². The van der Waals surface area contributed by atoms with Gasteiger partial charge in [-0.1, -0.05) is 37.3 Å². The Labute approximate surface area is 227 Å². The van der Waals surface area contributed by atoms with Gasteiger partial charge in [0.05, 0.1) is 26.1 Å². The maximum Gasteiger partial charge on any atom is 0.214 e. The van der Waals surface area contributed by atoms with E-state index in [2.05, 4.69) is 6.08 Å². The predicted molar refractivity (Wildman–Crippen MR) is 148 cm³/mol. The number of hydrogen-bond acceptors (Lipinski definition) is 6. The van der Waals surface area contributed by atoms with Gasteiger partial charge in [0, 0.05) is 26.8 Å². The summed E-state index contributed by atoms with van der Waals surface area (Å²) in [5, 5.41) is 9.60. The number of allylic oxidation sites excluding steroid dienone is 1. The van der Waals surface area contributed by atoms with E-state index in [1.807, 2.05) is 55.5 Å². The Balaban J connectivity index is 1.46. The van der Waals surface area contributed by atoms with E-state index in [4.69, 9.17) is 14.2 Å². The fourth-order valence-electron chi connectivity index (χ4n) is 5.59. The van der Waals surface area contributed by atoms with Gasteiger partial charge in [0.2, 0.25) is 10.0 Å². The highest BCUT2D eigenvalue weighted by Gasteiger charge is 2.42. The van der Waals surface area contributed by atoms with Crippen LogP contribution in [0.4, 0.5) is 0 Å². The van der Waals surface area contributed by atoms with Crippen molar-refractivity contribution in [2.24, 2.45) is 23.7 Å². The second-order valence-electron chi connectivity index (χ2n) is 10.7. The van der Waals surface area contributed by atoms with Gasteiger partial charge in [-0.15, -0.1) is 0 Å². The monoisotopic (exact) mass is 543 g/mol. The second kappa shape index (κ2) is 12.6. The quantitative estimate of drug-likeness (QED) is 0.349. The minimum absolute atomic E-state index is 0.0227.